The van der Waals surface area contributed by atoms with E-state index < -0.39 is 11.7 Å². The summed E-state index contributed by atoms with van der Waals surface area (Å²) in [5, 5.41) is 6.17. The standard InChI is InChI=1S/C20H19F3N4/c1-13(2)25-19-12-16(11-17(27-19)14-6-4-3-5-7-14)26-18-10-15(8-9-24-18)20(21,22)23/h3-13H,1-2H3,(H2,24,25,26,27). The number of benzene rings is 1. The van der Waals surface area contributed by atoms with Crippen molar-refractivity contribution in [2.75, 3.05) is 10.6 Å². The molecule has 1 aromatic carbocycles. The quantitative estimate of drug-likeness (QED) is 0.601. The van der Waals surface area contributed by atoms with E-state index in [-0.39, 0.29) is 11.9 Å². The molecule has 140 valence electrons. The number of aromatic nitrogens is 2. The predicted molar refractivity (Wildman–Crippen MR) is 101 cm³/mol. The van der Waals surface area contributed by atoms with Crippen molar-refractivity contribution in [2.45, 2.75) is 26.1 Å². The molecule has 0 bridgehead atoms. The van der Waals surface area contributed by atoms with Gasteiger partial charge in [-0.3, -0.25) is 0 Å². The van der Waals surface area contributed by atoms with Gasteiger partial charge in [0.25, 0.3) is 0 Å². The largest absolute Gasteiger partial charge is 0.416 e. The van der Waals surface area contributed by atoms with Gasteiger partial charge in [0, 0.05) is 29.6 Å². The van der Waals surface area contributed by atoms with E-state index in [4.69, 9.17) is 0 Å². The van der Waals surface area contributed by atoms with Gasteiger partial charge >= 0.3 is 6.18 Å². The summed E-state index contributed by atoms with van der Waals surface area (Å²) >= 11 is 0. The Morgan fingerprint density at radius 2 is 1.67 bits per heavy atom. The zero-order valence-corrected chi connectivity index (χ0v) is 14.9. The zero-order valence-electron chi connectivity index (χ0n) is 14.9. The van der Waals surface area contributed by atoms with Gasteiger partial charge in [0.1, 0.15) is 11.6 Å². The van der Waals surface area contributed by atoms with Crippen LogP contribution in [-0.4, -0.2) is 16.0 Å². The second-order valence-electron chi connectivity index (χ2n) is 6.34. The highest BCUT2D eigenvalue weighted by atomic mass is 19.4. The monoisotopic (exact) mass is 372 g/mol. The van der Waals surface area contributed by atoms with E-state index in [0.717, 1.165) is 23.9 Å². The van der Waals surface area contributed by atoms with E-state index in [0.29, 0.717) is 17.2 Å². The summed E-state index contributed by atoms with van der Waals surface area (Å²) in [6, 6.07) is 15.2. The molecule has 0 atom stereocenters. The number of hydrogen-bond acceptors (Lipinski definition) is 4. The lowest BCUT2D eigenvalue weighted by Gasteiger charge is -2.15. The Balaban J connectivity index is 1.97. The van der Waals surface area contributed by atoms with Crippen molar-refractivity contribution >= 4 is 17.3 Å². The van der Waals surface area contributed by atoms with Crippen LogP contribution in [0.5, 0.6) is 0 Å². The van der Waals surface area contributed by atoms with E-state index in [1.54, 1.807) is 12.1 Å². The Kier molecular flexibility index (Phi) is 5.30. The van der Waals surface area contributed by atoms with Crippen LogP contribution in [0, 0.1) is 0 Å². The smallest absolute Gasteiger partial charge is 0.368 e. The third-order valence-electron chi connectivity index (χ3n) is 3.69. The molecule has 0 radical (unpaired) electrons. The molecule has 0 amide bonds. The van der Waals surface area contributed by atoms with Gasteiger partial charge in [-0.2, -0.15) is 13.2 Å². The number of hydrogen-bond donors (Lipinski definition) is 2. The van der Waals surface area contributed by atoms with Gasteiger partial charge in [0.2, 0.25) is 0 Å². The Morgan fingerprint density at radius 3 is 2.33 bits per heavy atom. The Morgan fingerprint density at radius 1 is 0.926 bits per heavy atom. The van der Waals surface area contributed by atoms with E-state index >= 15 is 0 Å². The lowest BCUT2D eigenvalue weighted by molar-refractivity contribution is -0.137. The third-order valence-corrected chi connectivity index (χ3v) is 3.69. The SMILES string of the molecule is CC(C)Nc1cc(Nc2cc(C(F)(F)F)ccn2)cc(-c2ccccc2)n1. The second kappa shape index (κ2) is 7.65. The molecule has 0 spiro atoms. The Hall–Kier alpha value is -3.09. The molecule has 0 aliphatic rings. The lowest BCUT2D eigenvalue weighted by Crippen LogP contribution is -2.11. The summed E-state index contributed by atoms with van der Waals surface area (Å²) in [6.07, 6.45) is -3.28. The number of rotatable bonds is 5. The van der Waals surface area contributed by atoms with Crippen LogP contribution in [0.25, 0.3) is 11.3 Å². The molecule has 0 fully saturated rings. The van der Waals surface area contributed by atoms with E-state index in [1.165, 1.54) is 0 Å². The highest BCUT2D eigenvalue weighted by Crippen LogP contribution is 2.31. The first-order valence-corrected chi connectivity index (χ1v) is 8.45. The maximum atomic E-state index is 12.9. The van der Waals surface area contributed by atoms with Gasteiger partial charge in [-0.15, -0.1) is 0 Å². The Labute approximate surface area is 155 Å². The minimum Gasteiger partial charge on any atom is -0.368 e. The van der Waals surface area contributed by atoms with Crippen molar-refractivity contribution in [3.05, 3.63) is 66.4 Å². The topological polar surface area (TPSA) is 49.8 Å². The lowest BCUT2D eigenvalue weighted by atomic mass is 10.1. The summed E-state index contributed by atoms with van der Waals surface area (Å²) in [4.78, 5) is 8.58. The first kappa shape index (κ1) is 18.7. The van der Waals surface area contributed by atoms with Gasteiger partial charge in [-0.1, -0.05) is 30.3 Å². The molecular weight excluding hydrogens is 353 g/mol. The molecule has 2 aromatic heterocycles. The summed E-state index contributed by atoms with van der Waals surface area (Å²) in [7, 11) is 0. The van der Waals surface area contributed by atoms with Crippen LogP contribution in [-0.2, 0) is 6.18 Å². The van der Waals surface area contributed by atoms with Gasteiger partial charge in [0.05, 0.1) is 11.3 Å². The van der Waals surface area contributed by atoms with Crippen LogP contribution < -0.4 is 10.6 Å². The molecule has 4 nitrogen and oxygen atoms in total. The first-order chi connectivity index (χ1) is 12.8. The normalized spacial score (nSPS) is 11.5. The van der Waals surface area contributed by atoms with Gasteiger partial charge < -0.3 is 10.6 Å². The maximum Gasteiger partial charge on any atom is 0.416 e. The molecule has 2 N–H and O–H groups in total. The highest BCUT2D eigenvalue weighted by molar-refractivity contribution is 5.70. The molecule has 0 saturated heterocycles. The van der Waals surface area contributed by atoms with Crippen molar-refractivity contribution < 1.29 is 13.2 Å². The fraction of sp³-hybridized carbons (Fsp3) is 0.200. The molecular formula is C20H19F3N4. The van der Waals surface area contributed by atoms with Gasteiger partial charge in [-0.25, -0.2) is 9.97 Å². The number of pyridine rings is 2. The van der Waals surface area contributed by atoms with Crippen molar-refractivity contribution in [1.82, 2.24) is 9.97 Å². The van der Waals surface area contributed by atoms with Crippen molar-refractivity contribution in [3.63, 3.8) is 0 Å². The predicted octanol–water partition coefficient (Wildman–Crippen LogP) is 5.73. The summed E-state index contributed by atoms with van der Waals surface area (Å²) in [6.45, 7) is 3.97. The number of nitrogens with one attached hydrogen (secondary N) is 2. The van der Waals surface area contributed by atoms with Crippen LogP contribution in [0.1, 0.15) is 19.4 Å². The van der Waals surface area contributed by atoms with Crippen LogP contribution >= 0.6 is 0 Å². The number of alkyl halides is 3. The van der Waals surface area contributed by atoms with Crippen LogP contribution in [0.15, 0.2) is 60.8 Å². The number of nitrogens with zero attached hydrogens (tertiary/aromatic N) is 2. The molecule has 2 heterocycles. The molecule has 0 unspecified atom stereocenters. The first-order valence-electron chi connectivity index (χ1n) is 8.45. The van der Waals surface area contributed by atoms with E-state index in [1.807, 2.05) is 44.2 Å². The molecule has 0 saturated carbocycles. The molecule has 0 aliphatic carbocycles. The maximum absolute atomic E-state index is 12.9. The Bertz CT molecular complexity index is 909. The fourth-order valence-corrected chi connectivity index (χ4v) is 2.55. The third kappa shape index (κ3) is 4.97. The van der Waals surface area contributed by atoms with Gasteiger partial charge in [0.15, 0.2) is 0 Å². The molecule has 3 rings (SSSR count). The number of anilines is 3. The summed E-state index contributed by atoms with van der Waals surface area (Å²) in [5.74, 6) is 0.742. The van der Waals surface area contributed by atoms with E-state index in [2.05, 4.69) is 20.6 Å². The van der Waals surface area contributed by atoms with Crippen LogP contribution in [0.2, 0.25) is 0 Å². The average Bonchev–Trinajstić information content (AvgIpc) is 2.61. The average molecular weight is 372 g/mol. The van der Waals surface area contributed by atoms with Crippen molar-refractivity contribution in [3.8, 4) is 11.3 Å². The molecule has 0 aliphatic heterocycles. The highest BCUT2D eigenvalue weighted by Gasteiger charge is 2.30. The molecule has 3 aromatic rings. The molecule has 27 heavy (non-hydrogen) atoms. The van der Waals surface area contributed by atoms with Crippen molar-refractivity contribution in [1.29, 1.82) is 0 Å². The van der Waals surface area contributed by atoms with E-state index in [9.17, 15) is 13.2 Å². The minimum absolute atomic E-state index is 0.116. The number of halogens is 3. The summed E-state index contributed by atoms with van der Waals surface area (Å²) < 4.78 is 38.8. The van der Waals surface area contributed by atoms with Crippen molar-refractivity contribution in [2.24, 2.45) is 0 Å². The van der Waals surface area contributed by atoms with Crippen LogP contribution in [0.3, 0.4) is 0 Å². The van der Waals surface area contributed by atoms with Crippen LogP contribution in [0.4, 0.5) is 30.5 Å². The summed E-state index contributed by atoms with van der Waals surface area (Å²) in [5.41, 5.74) is 1.46. The fourth-order valence-electron chi connectivity index (χ4n) is 2.55. The van der Waals surface area contributed by atoms with Gasteiger partial charge in [-0.05, 0) is 32.0 Å². The zero-order chi connectivity index (χ0) is 19.4. The second-order valence-corrected chi connectivity index (χ2v) is 6.34. The molecule has 7 heteroatoms. The minimum atomic E-state index is -4.42.